The van der Waals surface area contributed by atoms with Crippen LogP contribution in [0.25, 0.3) is 6.08 Å². The zero-order valence-electron chi connectivity index (χ0n) is 15.4. The van der Waals surface area contributed by atoms with Crippen LogP contribution in [0.15, 0.2) is 90.0 Å². The number of halogens is 1. The minimum absolute atomic E-state index is 0.316. The highest BCUT2D eigenvalue weighted by Gasteiger charge is 2.09. The van der Waals surface area contributed by atoms with E-state index in [1.165, 1.54) is 36.5 Å². The Morgan fingerprint density at radius 3 is 2.34 bits per heavy atom. The number of anilines is 1. The number of hydrogen-bond acceptors (Lipinski definition) is 3. The lowest BCUT2D eigenvalue weighted by Gasteiger charge is -2.07. The molecule has 29 heavy (non-hydrogen) atoms. The second-order valence-electron chi connectivity index (χ2n) is 6.03. The molecule has 0 unspecified atom stereocenters. The van der Waals surface area contributed by atoms with E-state index in [4.69, 9.17) is 0 Å². The van der Waals surface area contributed by atoms with Crippen LogP contribution in [0.1, 0.15) is 26.3 Å². The monoisotopic (exact) mass is 387 g/mol. The fraction of sp³-hybridized carbons (Fsp3) is 0. The van der Waals surface area contributed by atoms with E-state index < -0.39 is 17.6 Å². The number of hydrazone groups is 1. The molecule has 144 valence electrons. The van der Waals surface area contributed by atoms with Crippen molar-refractivity contribution in [3.63, 3.8) is 0 Å². The second kappa shape index (κ2) is 9.75. The molecule has 0 aliphatic heterocycles. The Hall–Kier alpha value is -4.06. The van der Waals surface area contributed by atoms with Gasteiger partial charge in [-0.3, -0.25) is 9.59 Å². The molecule has 0 atom stereocenters. The van der Waals surface area contributed by atoms with E-state index >= 15 is 0 Å². The Balaban J connectivity index is 1.57. The van der Waals surface area contributed by atoms with Gasteiger partial charge in [-0.05, 0) is 54.1 Å². The van der Waals surface area contributed by atoms with Gasteiger partial charge >= 0.3 is 0 Å². The minimum Gasteiger partial charge on any atom is -0.322 e. The molecule has 0 aromatic heterocycles. The number of amides is 2. The molecular formula is C23H18FN3O2. The zero-order chi connectivity index (χ0) is 20.5. The van der Waals surface area contributed by atoms with Crippen LogP contribution in [-0.4, -0.2) is 18.0 Å². The predicted molar refractivity (Wildman–Crippen MR) is 112 cm³/mol. The molecule has 6 heteroatoms. The van der Waals surface area contributed by atoms with E-state index in [1.807, 2.05) is 36.4 Å². The van der Waals surface area contributed by atoms with Crippen LogP contribution in [0.2, 0.25) is 0 Å². The lowest BCUT2D eigenvalue weighted by molar-refractivity contribution is 0.0953. The Kier molecular flexibility index (Phi) is 6.62. The number of nitrogens with zero attached hydrogens (tertiary/aromatic N) is 1. The lowest BCUT2D eigenvalue weighted by atomic mass is 10.1. The largest absolute Gasteiger partial charge is 0.322 e. The molecule has 0 fully saturated rings. The molecule has 0 saturated carbocycles. The van der Waals surface area contributed by atoms with Crippen molar-refractivity contribution in [2.45, 2.75) is 0 Å². The number of allylic oxidation sites excluding steroid dienone is 1. The summed E-state index contributed by atoms with van der Waals surface area (Å²) in [6.07, 6.45) is 5.06. The van der Waals surface area contributed by atoms with Gasteiger partial charge in [-0.25, -0.2) is 9.82 Å². The normalized spacial score (nSPS) is 10.9. The molecule has 0 heterocycles. The maximum absolute atomic E-state index is 13.0. The number of rotatable bonds is 6. The maximum Gasteiger partial charge on any atom is 0.271 e. The van der Waals surface area contributed by atoms with Crippen molar-refractivity contribution >= 4 is 29.8 Å². The van der Waals surface area contributed by atoms with Gasteiger partial charge in [0.15, 0.2) is 0 Å². The first kappa shape index (κ1) is 19.7. The van der Waals surface area contributed by atoms with Crippen molar-refractivity contribution in [2.24, 2.45) is 5.10 Å². The fourth-order valence-corrected chi connectivity index (χ4v) is 2.46. The van der Waals surface area contributed by atoms with Crippen LogP contribution in [-0.2, 0) is 0 Å². The summed E-state index contributed by atoms with van der Waals surface area (Å²) in [5.74, 6) is -1.22. The average molecular weight is 387 g/mol. The van der Waals surface area contributed by atoms with Gasteiger partial charge < -0.3 is 5.32 Å². The van der Waals surface area contributed by atoms with Gasteiger partial charge in [0.25, 0.3) is 11.8 Å². The molecule has 3 rings (SSSR count). The van der Waals surface area contributed by atoms with Gasteiger partial charge in [-0.1, -0.05) is 42.5 Å². The Labute approximate surface area is 167 Å². The van der Waals surface area contributed by atoms with E-state index in [1.54, 1.807) is 24.3 Å². The number of hydrogen-bond donors (Lipinski definition) is 2. The van der Waals surface area contributed by atoms with Crippen molar-refractivity contribution in [3.05, 3.63) is 107 Å². The first-order valence-electron chi connectivity index (χ1n) is 8.84. The highest BCUT2D eigenvalue weighted by atomic mass is 19.1. The standard InChI is InChI=1S/C23H18FN3O2/c24-20-13-11-18(12-14-20)22(28)26-21-10-4-9-19(16-21)23(29)27-25-15-5-8-17-6-2-1-3-7-17/h1-16H,(H,26,28)(H,27,29)/b8-5-,25-15?. The first-order valence-corrected chi connectivity index (χ1v) is 8.84. The Morgan fingerprint density at radius 2 is 1.59 bits per heavy atom. The number of carbonyl (C=O) groups excluding carboxylic acids is 2. The number of nitrogens with one attached hydrogen (secondary N) is 2. The summed E-state index contributed by atoms with van der Waals surface area (Å²) < 4.78 is 13.0. The van der Waals surface area contributed by atoms with E-state index in [0.29, 0.717) is 16.8 Å². The molecule has 3 aromatic carbocycles. The lowest BCUT2D eigenvalue weighted by Crippen LogP contribution is -2.18. The quantitative estimate of drug-likeness (QED) is 0.483. The summed E-state index contributed by atoms with van der Waals surface area (Å²) in [6.45, 7) is 0. The summed E-state index contributed by atoms with van der Waals surface area (Å²) in [4.78, 5) is 24.4. The Morgan fingerprint density at radius 1 is 0.828 bits per heavy atom. The van der Waals surface area contributed by atoms with Crippen molar-refractivity contribution in [3.8, 4) is 0 Å². The molecule has 3 aromatic rings. The van der Waals surface area contributed by atoms with Gasteiger partial charge in [0, 0.05) is 23.0 Å². The fourth-order valence-electron chi connectivity index (χ4n) is 2.46. The average Bonchev–Trinajstić information content (AvgIpc) is 2.74. The van der Waals surface area contributed by atoms with Crippen LogP contribution < -0.4 is 10.7 Å². The molecule has 2 amide bonds. The highest BCUT2D eigenvalue weighted by molar-refractivity contribution is 6.05. The molecule has 0 bridgehead atoms. The van der Waals surface area contributed by atoms with E-state index in [2.05, 4.69) is 15.8 Å². The SMILES string of the molecule is O=C(NN=C/C=C\c1ccccc1)c1cccc(NC(=O)c2ccc(F)cc2)c1. The van der Waals surface area contributed by atoms with E-state index in [0.717, 1.165) is 5.56 Å². The molecular weight excluding hydrogens is 369 g/mol. The van der Waals surface area contributed by atoms with Crippen molar-refractivity contribution in [2.75, 3.05) is 5.32 Å². The maximum atomic E-state index is 13.0. The zero-order valence-corrected chi connectivity index (χ0v) is 15.4. The second-order valence-corrected chi connectivity index (χ2v) is 6.03. The summed E-state index contributed by atoms with van der Waals surface area (Å²) in [5.41, 5.74) is 4.55. The minimum atomic E-state index is -0.417. The summed E-state index contributed by atoms with van der Waals surface area (Å²) >= 11 is 0. The smallest absolute Gasteiger partial charge is 0.271 e. The van der Waals surface area contributed by atoms with Crippen molar-refractivity contribution < 1.29 is 14.0 Å². The number of carbonyl (C=O) groups is 2. The molecule has 0 saturated heterocycles. The highest BCUT2D eigenvalue weighted by Crippen LogP contribution is 2.13. The van der Waals surface area contributed by atoms with Gasteiger partial charge in [0.2, 0.25) is 0 Å². The third kappa shape index (κ3) is 5.97. The van der Waals surface area contributed by atoms with Crippen LogP contribution >= 0.6 is 0 Å². The topological polar surface area (TPSA) is 70.6 Å². The molecule has 0 radical (unpaired) electrons. The first-order chi connectivity index (χ1) is 14.1. The van der Waals surface area contributed by atoms with Crippen LogP contribution in [0.4, 0.5) is 10.1 Å². The van der Waals surface area contributed by atoms with Gasteiger partial charge in [-0.2, -0.15) is 5.10 Å². The van der Waals surface area contributed by atoms with E-state index in [9.17, 15) is 14.0 Å². The molecule has 5 nitrogen and oxygen atoms in total. The van der Waals surface area contributed by atoms with Crippen LogP contribution in [0.3, 0.4) is 0 Å². The molecule has 2 N–H and O–H groups in total. The van der Waals surface area contributed by atoms with E-state index in [-0.39, 0.29) is 0 Å². The number of benzene rings is 3. The van der Waals surface area contributed by atoms with Crippen molar-refractivity contribution in [1.82, 2.24) is 5.43 Å². The van der Waals surface area contributed by atoms with Gasteiger partial charge in [-0.15, -0.1) is 0 Å². The summed E-state index contributed by atoms with van der Waals surface area (Å²) in [6, 6.07) is 21.3. The summed E-state index contributed by atoms with van der Waals surface area (Å²) in [5, 5.41) is 6.55. The third-order valence-electron chi connectivity index (χ3n) is 3.90. The molecule has 0 spiro atoms. The predicted octanol–water partition coefficient (Wildman–Crippen LogP) is 4.51. The molecule has 0 aliphatic carbocycles. The van der Waals surface area contributed by atoms with Crippen LogP contribution in [0.5, 0.6) is 0 Å². The third-order valence-corrected chi connectivity index (χ3v) is 3.90. The van der Waals surface area contributed by atoms with Crippen molar-refractivity contribution in [1.29, 1.82) is 0 Å². The molecule has 0 aliphatic rings. The Bertz CT molecular complexity index is 1050. The van der Waals surface area contributed by atoms with Gasteiger partial charge in [0.05, 0.1) is 0 Å². The summed E-state index contributed by atoms with van der Waals surface area (Å²) in [7, 11) is 0. The van der Waals surface area contributed by atoms with Crippen LogP contribution in [0, 0.1) is 5.82 Å². The van der Waals surface area contributed by atoms with Gasteiger partial charge in [0.1, 0.15) is 5.82 Å².